The molecule has 6 nitrogen and oxygen atoms in total. The highest BCUT2D eigenvalue weighted by atomic mass is 16.7. The van der Waals surface area contributed by atoms with Gasteiger partial charge in [0.15, 0.2) is 11.5 Å². The van der Waals surface area contributed by atoms with Crippen molar-refractivity contribution in [1.29, 1.82) is 0 Å². The molecule has 3 aromatic rings. The van der Waals surface area contributed by atoms with Crippen molar-refractivity contribution in [3.8, 4) is 17.2 Å². The molecular formula is C25H26N2O4. The van der Waals surface area contributed by atoms with E-state index >= 15 is 0 Å². The Balaban J connectivity index is 1.58. The van der Waals surface area contributed by atoms with E-state index in [4.69, 9.17) is 14.2 Å². The number of para-hydroxylation sites is 2. The number of ether oxygens (including phenoxy) is 3. The molecule has 0 aromatic heterocycles. The Morgan fingerprint density at radius 3 is 2.58 bits per heavy atom. The summed E-state index contributed by atoms with van der Waals surface area (Å²) in [6.07, 6.45) is 0. The molecule has 1 aliphatic rings. The number of hydrogen-bond acceptors (Lipinski definition) is 5. The lowest BCUT2D eigenvalue weighted by molar-refractivity contribution is -0.121. The number of likely N-dealkylation sites (N-methyl/N-ethyl adjacent to an activating group) is 1. The third-order valence-corrected chi connectivity index (χ3v) is 5.12. The van der Waals surface area contributed by atoms with Crippen molar-refractivity contribution < 1.29 is 19.0 Å². The predicted octanol–water partition coefficient (Wildman–Crippen LogP) is 4.63. The lowest BCUT2D eigenvalue weighted by Gasteiger charge is -2.28. The Labute approximate surface area is 182 Å². The number of nitrogens with zero attached hydrogens (tertiary/aromatic N) is 1. The third-order valence-electron chi connectivity index (χ3n) is 5.12. The highest BCUT2D eigenvalue weighted by Gasteiger charge is 2.26. The van der Waals surface area contributed by atoms with E-state index in [-0.39, 0.29) is 12.7 Å². The van der Waals surface area contributed by atoms with Crippen molar-refractivity contribution >= 4 is 11.6 Å². The molecule has 0 unspecified atom stereocenters. The molecule has 0 saturated heterocycles. The van der Waals surface area contributed by atoms with Gasteiger partial charge in [-0.1, -0.05) is 48.5 Å². The molecule has 0 fully saturated rings. The first-order valence-corrected chi connectivity index (χ1v) is 10.3. The zero-order valence-corrected chi connectivity index (χ0v) is 17.7. The minimum absolute atomic E-state index is 0.124. The minimum Gasteiger partial charge on any atom is -0.492 e. The van der Waals surface area contributed by atoms with Crippen LogP contribution in [0.4, 0.5) is 5.69 Å². The van der Waals surface area contributed by atoms with Gasteiger partial charge in [0, 0.05) is 6.54 Å². The minimum atomic E-state index is -0.485. The second kappa shape index (κ2) is 9.53. The molecule has 1 aliphatic heterocycles. The molecule has 0 saturated carbocycles. The molecule has 0 aliphatic carbocycles. The van der Waals surface area contributed by atoms with E-state index in [1.165, 1.54) is 0 Å². The average molecular weight is 418 g/mol. The Bertz CT molecular complexity index is 1040. The summed E-state index contributed by atoms with van der Waals surface area (Å²) in [5.41, 5.74) is 2.61. The van der Waals surface area contributed by atoms with Gasteiger partial charge in [-0.25, -0.2) is 0 Å². The van der Waals surface area contributed by atoms with Crippen LogP contribution in [0.5, 0.6) is 17.2 Å². The molecule has 1 heterocycles. The second-order valence-electron chi connectivity index (χ2n) is 7.33. The molecule has 1 amide bonds. The van der Waals surface area contributed by atoms with Gasteiger partial charge in [0.05, 0.1) is 12.3 Å². The maximum Gasteiger partial charge on any atom is 0.246 e. The van der Waals surface area contributed by atoms with E-state index in [1.54, 1.807) is 0 Å². The van der Waals surface area contributed by atoms with Gasteiger partial charge >= 0.3 is 0 Å². The number of fused-ring (bicyclic) bond motifs is 1. The van der Waals surface area contributed by atoms with Crippen LogP contribution >= 0.6 is 0 Å². The van der Waals surface area contributed by atoms with Crippen molar-refractivity contribution in [2.75, 3.05) is 25.8 Å². The van der Waals surface area contributed by atoms with Gasteiger partial charge in [-0.2, -0.15) is 0 Å². The Hall–Kier alpha value is -3.51. The van der Waals surface area contributed by atoms with Crippen LogP contribution in [-0.2, 0) is 11.3 Å². The van der Waals surface area contributed by atoms with E-state index in [0.29, 0.717) is 24.6 Å². The normalized spacial score (nSPS) is 13.1. The summed E-state index contributed by atoms with van der Waals surface area (Å²) in [6, 6.07) is 22.6. The first kappa shape index (κ1) is 20.8. The Kier molecular flexibility index (Phi) is 6.38. The molecule has 160 valence electrons. The molecule has 0 radical (unpaired) electrons. The van der Waals surface area contributed by atoms with Crippen LogP contribution in [0.3, 0.4) is 0 Å². The number of carbonyl (C=O) groups excluding carboxylic acids is 1. The van der Waals surface area contributed by atoms with Crippen LogP contribution in [0, 0.1) is 0 Å². The first-order chi connectivity index (χ1) is 15.2. The maximum atomic E-state index is 13.4. The summed E-state index contributed by atoms with van der Waals surface area (Å²) in [5, 5.41) is 3.05. The Morgan fingerprint density at radius 1 is 1.03 bits per heavy atom. The largest absolute Gasteiger partial charge is 0.492 e. The van der Waals surface area contributed by atoms with E-state index in [1.807, 2.05) is 91.7 Å². The lowest BCUT2D eigenvalue weighted by Crippen LogP contribution is -2.34. The van der Waals surface area contributed by atoms with Crippen LogP contribution in [0.15, 0.2) is 72.8 Å². The van der Waals surface area contributed by atoms with Gasteiger partial charge in [-0.15, -0.1) is 0 Å². The fourth-order valence-electron chi connectivity index (χ4n) is 3.71. The molecule has 3 aromatic carbocycles. The number of carbonyl (C=O) groups is 1. The first-order valence-electron chi connectivity index (χ1n) is 10.3. The zero-order valence-electron chi connectivity index (χ0n) is 17.7. The summed E-state index contributed by atoms with van der Waals surface area (Å²) < 4.78 is 16.6. The van der Waals surface area contributed by atoms with Crippen LogP contribution in [-0.4, -0.2) is 31.3 Å². The van der Waals surface area contributed by atoms with Crippen LogP contribution in [0.2, 0.25) is 0 Å². The van der Waals surface area contributed by atoms with Gasteiger partial charge in [0.1, 0.15) is 11.8 Å². The topological polar surface area (TPSA) is 60.0 Å². The zero-order chi connectivity index (χ0) is 21.6. The number of nitrogens with one attached hydrogen (secondary N) is 1. The highest BCUT2D eigenvalue weighted by Crippen LogP contribution is 2.34. The fourth-order valence-corrected chi connectivity index (χ4v) is 3.71. The van der Waals surface area contributed by atoms with Gasteiger partial charge < -0.3 is 19.5 Å². The van der Waals surface area contributed by atoms with Crippen LogP contribution < -0.4 is 19.5 Å². The molecule has 4 rings (SSSR count). The van der Waals surface area contributed by atoms with Crippen molar-refractivity contribution in [2.45, 2.75) is 19.5 Å². The summed E-state index contributed by atoms with van der Waals surface area (Å²) in [7, 11) is 1.94. The van der Waals surface area contributed by atoms with Crippen molar-refractivity contribution in [3.05, 3.63) is 83.9 Å². The number of hydrogen-bond donors (Lipinski definition) is 1. The smallest absolute Gasteiger partial charge is 0.246 e. The summed E-state index contributed by atoms with van der Waals surface area (Å²) in [5.74, 6) is 2.01. The van der Waals surface area contributed by atoms with Crippen LogP contribution in [0.1, 0.15) is 24.1 Å². The Morgan fingerprint density at radius 2 is 1.77 bits per heavy atom. The van der Waals surface area contributed by atoms with E-state index in [0.717, 1.165) is 22.6 Å². The van der Waals surface area contributed by atoms with Gasteiger partial charge in [-0.05, 0) is 49.4 Å². The number of anilines is 1. The molecule has 31 heavy (non-hydrogen) atoms. The van der Waals surface area contributed by atoms with Crippen molar-refractivity contribution in [3.63, 3.8) is 0 Å². The quantitative estimate of drug-likeness (QED) is 0.578. The van der Waals surface area contributed by atoms with E-state index < -0.39 is 6.04 Å². The van der Waals surface area contributed by atoms with Crippen LogP contribution in [0.25, 0.3) is 0 Å². The average Bonchev–Trinajstić information content (AvgIpc) is 3.24. The highest BCUT2D eigenvalue weighted by molar-refractivity contribution is 5.96. The molecule has 0 bridgehead atoms. The molecule has 1 N–H and O–H groups in total. The van der Waals surface area contributed by atoms with E-state index in [2.05, 4.69) is 5.32 Å². The lowest BCUT2D eigenvalue weighted by atomic mass is 10.0. The monoisotopic (exact) mass is 418 g/mol. The number of amides is 1. The molecule has 0 spiro atoms. The third kappa shape index (κ3) is 4.81. The van der Waals surface area contributed by atoms with E-state index in [9.17, 15) is 4.79 Å². The van der Waals surface area contributed by atoms with Crippen molar-refractivity contribution in [2.24, 2.45) is 0 Å². The van der Waals surface area contributed by atoms with Gasteiger partial charge in [0.25, 0.3) is 0 Å². The summed E-state index contributed by atoms with van der Waals surface area (Å²) in [4.78, 5) is 15.5. The standard InChI is InChI=1S/C25H26N2O4/c1-3-29-21-12-8-7-11-20(21)26-25(28)24(19-9-5-4-6-10-19)27(2)16-18-13-14-22-23(15-18)31-17-30-22/h4-15,24H,3,16-17H2,1-2H3,(H,26,28)/t24-/m1/s1. The number of benzene rings is 3. The number of rotatable bonds is 8. The fraction of sp³-hybridized carbons (Fsp3) is 0.240. The molecule has 1 atom stereocenters. The second-order valence-corrected chi connectivity index (χ2v) is 7.33. The van der Waals surface area contributed by atoms with Gasteiger partial charge in [-0.3, -0.25) is 9.69 Å². The van der Waals surface area contributed by atoms with Crippen molar-refractivity contribution in [1.82, 2.24) is 4.90 Å². The molecule has 6 heteroatoms. The summed E-state index contributed by atoms with van der Waals surface area (Å²) >= 11 is 0. The predicted molar refractivity (Wildman–Crippen MR) is 119 cm³/mol. The maximum absolute atomic E-state index is 13.4. The molecular weight excluding hydrogens is 392 g/mol. The summed E-state index contributed by atoms with van der Waals surface area (Å²) in [6.45, 7) is 3.25. The SMILES string of the molecule is CCOc1ccccc1NC(=O)[C@@H](c1ccccc1)N(C)Cc1ccc2c(c1)OCO2. The van der Waals surface area contributed by atoms with Gasteiger partial charge in [0.2, 0.25) is 12.7 Å².